The summed E-state index contributed by atoms with van der Waals surface area (Å²) in [5.74, 6) is -3.06. The van der Waals surface area contributed by atoms with Crippen molar-refractivity contribution < 1.29 is 82.8 Å². The number of hydrogen-bond acceptors (Lipinski definition) is 21. The van der Waals surface area contributed by atoms with Crippen LogP contribution in [-0.4, -0.2) is 252 Å². The third-order valence-corrected chi connectivity index (χ3v) is 26.6. The molecule has 9 rings (SSSR count). The smallest absolute Gasteiger partial charge is 0.315 e. The molecule has 0 radical (unpaired) electrons. The summed E-state index contributed by atoms with van der Waals surface area (Å²) in [5.41, 5.74) is 12.0. The van der Waals surface area contributed by atoms with Gasteiger partial charge in [-0.05, 0) is 170 Å². The Morgan fingerprint density at radius 1 is 0.442 bits per heavy atom. The van der Waals surface area contributed by atoms with E-state index in [1.165, 1.54) is 25.1 Å². The highest BCUT2D eigenvalue weighted by Gasteiger charge is 2.37. The van der Waals surface area contributed by atoms with E-state index in [0.29, 0.717) is 69.4 Å². The van der Waals surface area contributed by atoms with Gasteiger partial charge in [-0.1, -0.05) is 106 Å². The normalized spacial score (nSPS) is 16.5. The summed E-state index contributed by atoms with van der Waals surface area (Å²) >= 11 is 38.9. The molecule has 120 heavy (non-hydrogen) atoms. The number of aliphatic hydroxyl groups excluding tert-OH is 1. The summed E-state index contributed by atoms with van der Waals surface area (Å²) in [6.45, 7) is 5.74. The van der Waals surface area contributed by atoms with Gasteiger partial charge in [0.05, 0.1) is 100 Å². The van der Waals surface area contributed by atoms with Crippen molar-refractivity contribution in [1.29, 1.82) is 0 Å². The Kier molecular flexibility index (Phi) is 38.2. The van der Waals surface area contributed by atoms with Crippen LogP contribution < -0.4 is 46.5 Å². The molecule has 30 nitrogen and oxygen atoms in total. The number of hydrogen-bond donors (Lipinski definition) is 10. The molecule has 3 aliphatic heterocycles. The highest BCUT2D eigenvalue weighted by Crippen LogP contribution is 2.43. The average molecular weight is 1840 g/mol. The third kappa shape index (κ3) is 29.6. The molecular weight excluding hydrogens is 1740 g/mol. The minimum atomic E-state index is -3.94. The maximum Gasteiger partial charge on any atom is 0.315 e. The van der Waals surface area contributed by atoms with Gasteiger partial charge in [-0.15, -0.1) is 0 Å². The third-order valence-electron chi connectivity index (χ3n) is 20.6. The summed E-state index contributed by atoms with van der Waals surface area (Å²) in [6, 6.07) is 28.3. The van der Waals surface area contributed by atoms with E-state index in [2.05, 4.69) is 55.4 Å². The Bertz CT molecular complexity index is 4420. The number of urea groups is 1. The molecule has 658 valence electrons. The number of nitrogens with one attached hydrogen (secondary N) is 8. The lowest BCUT2D eigenvalue weighted by atomic mass is 9.83. The molecule has 6 aromatic carbocycles. The highest BCUT2D eigenvalue weighted by atomic mass is 35.5. The van der Waals surface area contributed by atoms with E-state index in [1.54, 1.807) is 54.6 Å². The second kappa shape index (κ2) is 47.0. The number of halogens is 6. The quantitative estimate of drug-likeness (QED) is 0.0164. The highest BCUT2D eigenvalue weighted by molar-refractivity contribution is 7.90. The maximum atomic E-state index is 13.9. The van der Waals surface area contributed by atoms with Gasteiger partial charge in [0.2, 0.25) is 53.7 Å². The molecule has 0 saturated heterocycles. The van der Waals surface area contributed by atoms with Gasteiger partial charge in [0, 0.05) is 151 Å². The molecule has 0 aromatic heterocycles. The van der Waals surface area contributed by atoms with Crippen molar-refractivity contribution in [3.8, 4) is 0 Å². The number of amides is 6. The van der Waals surface area contributed by atoms with Crippen molar-refractivity contribution in [2.24, 2.45) is 5.73 Å². The van der Waals surface area contributed by atoms with Crippen LogP contribution in [0.3, 0.4) is 0 Å². The average Bonchev–Trinajstić information content (AvgIpc) is 0.779. The monoisotopic (exact) mass is 1840 g/mol. The Morgan fingerprint density at radius 2 is 0.725 bits per heavy atom. The summed E-state index contributed by atoms with van der Waals surface area (Å²) in [7, 11) is -5.90. The second-order valence-electron chi connectivity index (χ2n) is 29.7. The topological polar surface area (TPSA) is 395 Å². The molecule has 0 saturated carbocycles. The van der Waals surface area contributed by atoms with E-state index in [4.69, 9.17) is 104 Å². The summed E-state index contributed by atoms with van der Waals surface area (Å²) in [4.78, 5) is 73.8. The lowest BCUT2D eigenvalue weighted by Crippen LogP contribution is -2.59. The Balaban J connectivity index is 0.724. The minimum Gasteiger partial charge on any atom is -0.391 e. The summed E-state index contributed by atoms with van der Waals surface area (Å²) in [5, 5.41) is 27.0. The number of sulfonamides is 3. The number of primary amides is 1. The first kappa shape index (κ1) is 97.3. The van der Waals surface area contributed by atoms with E-state index in [1.807, 2.05) is 57.5 Å². The zero-order chi connectivity index (χ0) is 86.7. The number of carbonyl (C=O) groups is 5. The maximum absolute atomic E-state index is 13.9. The van der Waals surface area contributed by atoms with Gasteiger partial charge in [0.15, 0.2) is 0 Å². The van der Waals surface area contributed by atoms with Crippen LogP contribution in [-0.2, 0) is 97.3 Å². The van der Waals surface area contributed by atoms with E-state index in [9.17, 15) is 54.3 Å². The minimum absolute atomic E-state index is 0.0230. The molecule has 5 atom stereocenters. The lowest BCUT2D eigenvalue weighted by Gasteiger charge is -2.36. The molecule has 39 heteroatoms. The van der Waals surface area contributed by atoms with Crippen LogP contribution in [0.4, 0.5) is 4.79 Å². The fourth-order valence-corrected chi connectivity index (χ4v) is 19.5. The largest absolute Gasteiger partial charge is 0.391 e. The first-order chi connectivity index (χ1) is 57.2. The number of likely N-dealkylation sites (N-methyl/N-ethyl adjacent to an activating group) is 3. The number of nitrogens with two attached hydrogens (primary N) is 1. The standard InChI is InChI=1S/C81H106Cl6N12O18S3/c1-53(100)78(79(88)104)95-80(105)96-81(17-14-75(101)89-20-26-112-32-35-115-29-23-92-118(106,107)60-11-5-8-54(38-60)66-47-97(2)50-69-63(66)41-57(82)44-72(69)85,18-15-76(102)90-21-27-113-33-36-116-30-24-93-119(108,109)61-12-6-9-55(39-61)67-48-98(3)51-70-64(67)42-58(83)45-73(70)86)19-16-77(103)91-22-28-114-34-37-117-31-25-94-120(110,111)62-13-7-10-56(40-62)68-49-99(4)52-71-65(68)43-59(84)46-74(71)87/h5-13,38-46,53,66-68,78,92-94,100H,14-37,47-52H2,1-4H3,(H2,88,104)(H,89,101)(H,90,102)(H,91,103)(H2,95,96,105)/t53-,66+,67+,68+,78+/m1/s1. The van der Waals surface area contributed by atoms with Crippen molar-refractivity contribution in [1.82, 2.24) is 55.4 Å². The van der Waals surface area contributed by atoms with E-state index < -0.39 is 77.4 Å². The second-order valence-corrected chi connectivity index (χ2v) is 37.6. The number of nitrogens with zero attached hydrogens (tertiary/aromatic N) is 3. The summed E-state index contributed by atoms with van der Waals surface area (Å²) in [6.07, 6.45) is -2.67. The van der Waals surface area contributed by atoms with Crippen LogP contribution in [0.15, 0.2) is 124 Å². The number of ether oxygens (including phenoxy) is 6. The fraction of sp³-hybridized carbons (Fsp3) is 0.494. The molecule has 0 unspecified atom stereocenters. The predicted octanol–water partition coefficient (Wildman–Crippen LogP) is 7.64. The van der Waals surface area contributed by atoms with Crippen LogP contribution in [0, 0.1) is 0 Å². The van der Waals surface area contributed by atoms with E-state index in [0.717, 1.165) is 50.1 Å². The summed E-state index contributed by atoms with van der Waals surface area (Å²) < 4.78 is 122. The van der Waals surface area contributed by atoms with Crippen molar-refractivity contribution in [3.63, 3.8) is 0 Å². The fourth-order valence-electron chi connectivity index (χ4n) is 14.6. The molecule has 0 bridgehead atoms. The van der Waals surface area contributed by atoms with Gasteiger partial charge in [-0.25, -0.2) is 44.2 Å². The molecule has 0 spiro atoms. The van der Waals surface area contributed by atoms with Crippen LogP contribution in [0.5, 0.6) is 0 Å². The van der Waals surface area contributed by atoms with E-state index >= 15 is 0 Å². The van der Waals surface area contributed by atoms with Crippen molar-refractivity contribution in [3.05, 3.63) is 189 Å². The molecule has 0 aliphatic carbocycles. The van der Waals surface area contributed by atoms with Gasteiger partial charge in [-0.3, -0.25) is 19.2 Å². The molecule has 3 aliphatic rings. The molecular formula is C81H106Cl6N12O18S3. The first-order valence-corrected chi connectivity index (χ1v) is 46.0. The Morgan fingerprint density at radius 3 is 1.00 bits per heavy atom. The number of aliphatic hydroxyl groups is 1. The molecule has 3 heterocycles. The van der Waals surface area contributed by atoms with Crippen LogP contribution >= 0.6 is 69.6 Å². The first-order valence-electron chi connectivity index (χ1n) is 39.3. The van der Waals surface area contributed by atoms with Gasteiger partial charge >= 0.3 is 6.03 Å². The van der Waals surface area contributed by atoms with Crippen molar-refractivity contribution in [2.75, 3.05) is 159 Å². The SMILES string of the molecule is C[C@@H](O)[C@H](NC(=O)NC(CCC(=O)NCCOCCOCCNS(=O)(=O)c1cccc([C@@H]2CN(C)Cc3c(Cl)cc(Cl)cc32)c1)(CCC(=O)NCCOCCOCCNS(=O)(=O)c1cccc([C@@H]2CN(C)Cc3c(Cl)cc(Cl)cc32)c1)CCC(=O)NCCOCCOCCNS(=O)(=O)c1cccc([C@@H]2CN(C)Cc3c(Cl)cc(Cl)cc32)c1)C(N)=O. The molecule has 0 fully saturated rings. The van der Waals surface area contributed by atoms with Crippen LogP contribution in [0.2, 0.25) is 30.1 Å². The lowest BCUT2D eigenvalue weighted by molar-refractivity contribution is -0.123. The number of benzene rings is 6. The molecule has 11 N–H and O–H groups in total. The van der Waals surface area contributed by atoms with Gasteiger partial charge in [0.1, 0.15) is 6.04 Å². The Labute approximate surface area is 732 Å². The number of fused-ring (bicyclic) bond motifs is 3. The number of rotatable bonds is 49. The van der Waals surface area contributed by atoms with Gasteiger partial charge < -0.3 is 80.5 Å². The van der Waals surface area contributed by atoms with Crippen molar-refractivity contribution >= 4 is 129 Å². The predicted molar refractivity (Wildman–Crippen MR) is 460 cm³/mol. The van der Waals surface area contributed by atoms with Gasteiger partial charge in [0.25, 0.3) is 0 Å². The van der Waals surface area contributed by atoms with Crippen molar-refractivity contribution in [2.45, 2.75) is 115 Å². The molecule has 6 amide bonds. The Hall–Kier alpha value is -6.46. The van der Waals surface area contributed by atoms with Gasteiger partial charge in [-0.2, -0.15) is 0 Å². The zero-order valence-corrected chi connectivity index (χ0v) is 74.3. The molecule has 6 aromatic rings. The zero-order valence-electron chi connectivity index (χ0n) is 67.3. The van der Waals surface area contributed by atoms with Crippen LogP contribution in [0.1, 0.15) is 113 Å². The van der Waals surface area contributed by atoms with E-state index in [-0.39, 0.29) is 190 Å². The van der Waals surface area contributed by atoms with Crippen LogP contribution in [0.25, 0.3) is 0 Å². The number of carbonyl (C=O) groups excluding carboxylic acids is 5.